The smallest absolute Gasteiger partial charge is 0.292 e. The van der Waals surface area contributed by atoms with Crippen LogP contribution in [0.25, 0.3) is 0 Å². The van der Waals surface area contributed by atoms with E-state index in [-0.39, 0.29) is 34.6 Å². The number of likely N-dealkylation sites (N-methyl/N-ethyl adjacent to an activating group) is 1. The van der Waals surface area contributed by atoms with Crippen LogP contribution in [0.4, 0.5) is 11.4 Å². The number of benzene rings is 1. The van der Waals surface area contributed by atoms with E-state index < -0.39 is 0 Å². The van der Waals surface area contributed by atoms with Crippen molar-refractivity contribution in [1.82, 2.24) is 0 Å². The van der Waals surface area contributed by atoms with E-state index in [2.05, 4.69) is 26.2 Å². The predicted molar refractivity (Wildman–Crippen MR) is 73.7 cm³/mol. The van der Waals surface area contributed by atoms with Gasteiger partial charge in [0.1, 0.15) is 5.69 Å². The number of rotatable bonds is 7. The highest BCUT2D eigenvalue weighted by Crippen LogP contribution is 2.22. The molecule has 0 atom stereocenters. The van der Waals surface area contributed by atoms with Crippen LogP contribution < -0.4 is 29.3 Å². The summed E-state index contributed by atoms with van der Waals surface area (Å²) in [6.07, 6.45) is 0. The Kier molecular flexibility index (Phi) is 7.93. The normalized spacial score (nSPS) is 10.7. The van der Waals surface area contributed by atoms with E-state index in [0.717, 1.165) is 30.7 Å². The number of halogens is 1. The van der Waals surface area contributed by atoms with Gasteiger partial charge < -0.3 is 33.8 Å². The Morgan fingerprint density at radius 1 is 1.26 bits per heavy atom. The molecule has 6 heteroatoms. The van der Waals surface area contributed by atoms with Gasteiger partial charge in [-0.25, -0.2) is 0 Å². The van der Waals surface area contributed by atoms with Gasteiger partial charge >= 0.3 is 0 Å². The number of anilines is 1. The van der Waals surface area contributed by atoms with Gasteiger partial charge in [-0.1, -0.05) is 12.1 Å². The lowest BCUT2D eigenvalue weighted by Crippen LogP contribution is -3.00. The zero-order valence-corrected chi connectivity index (χ0v) is 13.9. The molecule has 0 unspecified atom stereocenters. The van der Waals surface area contributed by atoms with E-state index in [1.165, 1.54) is 6.07 Å². The zero-order valence-electron chi connectivity index (χ0n) is 11.7. The summed E-state index contributed by atoms with van der Waals surface area (Å²) in [6, 6.07) is 6.76. The maximum absolute atomic E-state index is 10.9. The van der Waals surface area contributed by atoms with Gasteiger partial charge in [0.2, 0.25) is 0 Å². The highest BCUT2D eigenvalue weighted by atomic mass is 127. The van der Waals surface area contributed by atoms with Crippen LogP contribution in [0.1, 0.15) is 13.8 Å². The maximum Gasteiger partial charge on any atom is 0.292 e. The number of hydrogen-bond acceptors (Lipinski definition) is 3. The molecule has 0 radical (unpaired) electrons. The summed E-state index contributed by atoms with van der Waals surface area (Å²) >= 11 is 0. The summed E-state index contributed by atoms with van der Waals surface area (Å²) in [5.41, 5.74) is 0.737. The molecule has 1 rings (SSSR count). The lowest BCUT2D eigenvalue weighted by molar-refractivity contribution is -0.904. The molecule has 0 bridgehead atoms. The van der Waals surface area contributed by atoms with Gasteiger partial charge in [0.05, 0.1) is 38.2 Å². The molecular formula is C13H22IN3O2. The number of quaternary nitrogens is 1. The maximum atomic E-state index is 10.9. The number of nitrogens with one attached hydrogen (secondary N) is 1. The monoisotopic (exact) mass is 379 g/mol. The number of para-hydroxylation sites is 2. The Morgan fingerprint density at radius 2 is 1.84 bits per heavy atom. The van der Waals surface area contributed by atoms with Gasteiger partial charge in [-0.15, -0.1) is 0 Å². The molecule has 108 valence electrons. The molecule has 0 aromatic heterocycles. The standard InChI is InChI=1S/C13H22N3O2.HI/c1-4-16(3,5-2)11-10-14-12-8-6-7-9-13(12)15(17)18;/h6-9,14H,4-5,10-11H2,1-3H3;1H/q+1;/p-1. The SMILES string of the molecule is CC[N+](C)(CC)CCNc1ccccc1[N+](=O)[O-].[I-]. The molecule has 0 aliphatic carbocycles. The van der Waals surface area contributed by atoms with Crippen molar-refractivity contribution in [2.75, 3.05) is 38.5 Å². The van der Waals surface area contributed by atoms with Gasteiger partial charge in [0, 0.05) is 6.07 Å². The molecule has 0 aliphatic heterocycles. The van der Waals surface area contributed by atoms with Crippen molar-refractivity contribution in [3.05, 3.63) is 34.4 Å². The first kappa shape index (κ1) is 18.1. The predicted octanol–water partition coefficient (Wildman–Crippen LogP) is -0.503. The summed E-state index contributed by atoms with van der Waals surface area (Å²) < 4.78 is 0.966. The largest absolute Gasteiger partial charge is 1.00 e. The van der Waals surface area contributed by atoms with E-state index >= 15 is 0 Å². The highest BCUT2D eigenvalue weighted by molar-refractivity contribution is 5.60. The third-order valence-corrected chi connectivity index (χ3v) is 3.59. The third-order valence-electron chi connectivity index (χ3n) is 3.59. The molecule has 0 amide bonds. The van der Waals surface area contributed by atoms with E-state index in [9.17, 15) is 10.1 Å². The molecule has 1 aromatic carbocycles. The lowest BCUT2D eigenvalue weighted by atomic mass is 10.2. The molecule has 1 aromatic rings. The summed E-state index contributed by atoms with van der Waals surface area (Å²) in [5, 5.41) is 14.0. The molecule has 0 fully saturated rings. The fraction of sp³-hybridized carbons (Fsp3) is 0.538. The molecule has 1 N–H and O–H groups in total. The van der Waals surface area contributed by atoms with Crippen LogP contribution in [0.15, 0.2) is 24.3 Å². The van der Waals surface area contributed by atoms with Crippen LogP contribution in [0.2, 0.25) is 0 Å². The third kappa shape index (κ3) is 5.32. The first-order valence-electron chi connectivity index (χ1n) is 6.33. The zero-order chi connectivity index (χ0) is 13.6. The van der Waals surface area contributed by atoms with E-state index in [4.69, 9.17) is 0 Å². The molecule has 5 nitrogen and oxygen atoms in total. The molecule has 0 heterocycles. The van der Waals surface area contributed by atoms with Gasteiger partial charge in [-0.2, -0.15) is 0 Å². The van der Waals surface area contributed by atoms with Crippen LogP contribution in [0.3, 0.4) is 0 Å². The second kappa shape index (κ2) is 8.31. The van der Waals surface area contributed by atoms with E-state index in [1.807, 2.05) is 6.07 Å². The van der Waals surface area contributed by atoms with Crippen molar-refractivity contribution in [1.29, 1.82) is 0 Å². The average Bonchev–Trinajstić information content (AvgIpc) is 2.39. The van der Waals surface area contributed by atoms with E-state index in [0.29, 0.717) is 5.69 Å². The second-order valence-corrected chi connectivity index (χ2v) is 4.68. The van der Waals surface area contributed by atoms with Crippen molar-refractivity contribution < 1.29 is 33.4 Å². The first-order valence-corrected chi connectivity index (χ1v) is 6.33. The highest BCUT2D eigenvalue weighted by Gasteiger charge is 2.17. The van der Waals surface area contributed by atoms with Crippen molar-refractivity contribution in [2.24, 2.45) is 0 Å². The molecule has 0 saturated carbocycles. The summed E-state index contributed by atoms with van der Waals surface area (Å²) in [5.74, 6) is 0. The van der Waals surface area contributed by atoms with Crippen LogP contribution in [-0.4, -0.2) is 42.6 Å². The summed E-state index contributed by atoms with van der Waals surface area (Å²) in [7, 11) is 2.20. The Morgan fingerprint density at radius 3 is 2.37 bits per heavy atom. The van der Waals surface area contributed by atoms with Crippen LogP contribution >= 0.6 is 0 Å². The first-order chi connectivity index (χ1) is 8.52. The number of nitro groups is 1. The Labute approximate surface area is 131 Å². The summed E-state index contributed by atoms with van der Waals surface area (Å²) in [6.45, 7) is 8.15. The number of nitrogens with zero attached hydrogens (tertiary/aromatic N) is 2. The van der Waals surface area contributed by atoms with Gasteiger partial charge in [0.15, 0.2) is 0 Å². The van der Waals surface area contributed by atoms with Crippen LogP contribution in [0.5, 0.6) is 0 Å². The molecule has 0 spiro atoms. The number of nitro benzene ring substituents is 1. The van der Waals surface area contributed by atoms with E-state index in [1.54, 1.807) is 12.1 Å². The van der Waals surface area contributed by atoms with Crippen molar-refractivity contribution >= 4 is 11.4 Å². The fourth-order valence-corrected chi connectivity index (χ4v) is 1.78. The Hall–Kier alpha value is -0.890. The topological polar surface area (TPSA) is 55.2 Å². The molecule has 19 heavy (non-hydrogen) atoms. The van der Waals surface area contributed by atoms with Crippen LogP contribution in [0, 0.1) is 10.1 Å². The molecule has 0 aliphatic rings. The van der Waals surface area contributed by atoms with Gasteiger partial charge in [-0.3, -0.25) is 10.1 Å². The van der Waals surface area contributed by atoms with Crippen LogP contribution in [-0.2, 0) is 0 Å². The number of hydrogen-bond donors (Lipinski definition) is 1. The minimum Gasteiger partial charge on any atom is -1.00 e. The summed E-state index contributed by atoms with van der Waals surface area (Å²) in [4.78, 5) is 10.5. The lowest BCUT2D eigenvalue weighted by Gasteiger charge is -2.32. The minimum absolute atomic E-state index is 0. The Balaban J connectivity index is 0.00000324. The minimum atomic E-state index is -0.351. The Bertz CT molecular complexity index is 409. The molecule has 0 saturated heterocycles. The quantitative estimate of drug-likeness (QED) is 0.301. The van der Waals surface area contributed by atoms with Gasteiger partial charge in [-0.05, 0) is 19.9 Å². The van der Waals surface area contributed by atoms with Gasteiger partial charge in [0.25, 0.3) is 5.69 Å². The van der Waals surface area contributed by atoms with Crippen molar-refractivity contribution in [3.63, 3.8) is 0 Å². The molecular weight excluding hydrogens is 357 g/mol. The second-order valence-electron chi connectivity index (χ2n) is 4.68. The fourth-order valence-electron chi connectivity index (χ4n) is 1.78. The van der Waals surface area contributed by atoms with Crippen molar-refractivity contribution in [2.45, 2.75) is 13.8 Å². The van der Waals surface area contributed by atoms with Crippen molar-refractivity contribution in [3.8, 4) is 0 Å². The average molecular weight is 379 g/mol.